The number of nitrogen functional groups attached to an aromatic ring is 1. The average molecular weight is 488 g/mol. The molecule has 1 atom stereocenters. The van der Waals surface area contributed by atoms with E-state index in [1.807, 2.05) is 47.8 Å². The molecule has 1 amide bonds. The van der Waals surface area contributed by atoms with Crippen molar-refractivity contribution in [3.8, 4) is 17.1 Å². The maximum atomic E-state index is 12.7. The molecule has 0 bridgehead atoms. The number of thioether (sulfide) groups is 1. The van der Waals surface area contributed by atoms with Crippen molar-refractivity contribution in [1.82, 2.24) is 20.2 Å². The summed E-state index contributed by atoms with van der Waals surface area (Å²) in [4.78, 5) is 13.7. The highest BCUT2D eigenvalue weighted by Crippen LogP contribution is 2.27. The van der Waals surface area contributed by atoms with E-state index in [0.29, 0.717) is 16.5 Å². The molecule has 0 aliphatic rings. The number of rotatable bonds is 9. The van der Waals surface area contributed by atoms with Crippen molar-refractivity contribution in [1.29, 1.82) is 0 Å². The fourth-order valence-corrected chi connectivity index (χ4v) is 4.58. The molecule has 2 aromatic carbocycles. The number of carbonyl (C=O) groups excluding carboxylic acids is 1. The first-order chi connectivity index (χ1) is 16.0. The summed E-state index contributed by atoms with van der Waals surface area (Å²) < 4.78 is 30.2. The third-order valence-corrected chi connectivity index (χ3v) is 6.48. The Labute approximate surface area is 196 Å². The maximum Gasteiger partial charge on any atom is 0.387 e. The number of hydrogen-bond donors (Lipinski definition) is 2. The van der Waals surface area contributed by atoms with E-state index >= 15 is 0 Å². The van der Waals surface area contributed by atoms with Gasteiger partial charge in [0, 0.05) is 10.4 Å². The lowest BCUT2D eigenvalue weighted by molar-refractivity contribution is -0.119. The van der Waals surface area contributed by atoms with Crippen LogP contribution in [0.15, 0.2) is 77.3 Å². The number of hydrogen-bond acceptors (Lipinski definition) is 7. The van der Waals surface area contributed by atoms with Crippen LogP contribution in [0.25, 0.3) is 11.4 Å². The summed E-state index contributed by atoms with van der Waals surface area (Å²) in [6.07, 6.45) is 0. The van der Waals surface area contributed by atoms with Gasteiger partial charge in [0.05, 0.1) is 11.8 Å². The Morgan fingerprint density at radius 1 is 1.09 bits per heavy atom. The smallest absolute Gasteiger partial charge is 0.387 e. The number of halogens is 2. The molecule has 2 aromatic heterocycles. The SMILES string of the molecule is Nn1c(SCC(=O)NC(c2ccccc2)c2cccs2)nnc1-c1ccc(OC(F)F)cc1. The zero-order chi connectivity index (χ0) is 23.2. The van der Waals surface area contributed by atoms with E-state index in [-0.39, 0.29) is 23.5 Å². The largest absolute Gasteiger partial charge is 0.435 e. The molecule has 4 aromatic rings. The highest BCUT2D eigenvalue weighted by Gasteiger charge is 2.19. The van der Waals surface area contributed by atoms with Gasteiger partial charge >= 0.3 is 6.61 Å². The molecular weight excluding hydrogens is 468 g/mol. The molecule has 0 fully saturated rings. The first-order valence-corrected chi connectivity index (χ1v) is 11.6. The van der Waals surface area contributed by atoms with Crippen LogP contribution in [0.3, 0.4) is 0 Å². The van der Waals surface area contributed by atoms with Crippen LogP contribution in [0.2, 0.25) is 0 Å². The Bertz CT molecular complexity index is 1190. The van der Waals surface area contributed by atoms with E-state index in [9.17, 15) is 13.6 Å². The molecule has 0 spiro atoms. The third-order valence-electron chi connectivity index (χ3n) is 4.60. The van der Waals surface area contributed by atoms with Crippen molar-refractivity contribution in [2.45, 2.75) is 17.8 Å². The molecule has 0 aliphatic carbocycles. The van der Waals surface area contributed by atoms with Gasteiger partial charge < -0.3 is 15.9 Å². The van der Waals surface area contributed by atoms with Crippen LogP contribution in [0.5, 0.6) is 5.75 Å². The Morgan fingerprint density at radius 3 is 2.52 bits per heavy atom. The van der Waals surface area contributed by atoms with Crippen molar-refractivity contribution < 1.29 is 18.3 Å². The minimum Gasteiger partial charge on any atom is -0.435 e. The van der Waals surface area contributed by atoms with E-state index in [1.54, 1.807) is 23.5 Å². The number of nitrogens with zero attached hydrogens (tertiary/aromatic N) is 3. The van der Waals surface area contributed by atoms with E-state index < -0.39 is 6.61 Å². The molecule has 3 N–H and O–H groups in total. The second-order valence-corrected chi connectivity index (χ2v) is 8.72. The lowest BCUT2D eigenvalue weighted by Gasteiger charge is -2.18. The molecule has 4 rings (SSSR count). The Morgan fingerprint density at radius 2 is 1.85 bits per heavy atom. The van der Waals surface area contributed by atoms with Crippen molar-refractivity contribution in [2.75, 3.05) is 11.6 Å². The van der Waals surface area contributed by atoms with Crippen LogP contribution in [0, 0.1) is 0 Å². The molecule has 33 heavy (non-hydrogen) atoms. The number of benzene rings is 2. The summed E-state index contributed by atoms with van der Waals surface area (Å²) >= 11 is 2.72. The topological polar surface area (TPSA) is 95.1 Å². The van der Waals surface area contributed by atoms with Crippen molar-refractivity contribution in [3.63, 3.8) is 0 Å². The number of nitrogens with one attached hydrogen (secondary N) is 1. The summed E-state index contributed by atoms with van der Waals surface area (Å²) in [6.45, 7) is -2.90. The average Bonchev–Trinajstić information content (AvgIpc) is 3.47. The quantitative estimate of drug-likeness (QED) is 0.270. The summed E-state index contributed by atoms with van der Waals surface area (Å²) in [5.74, 6) is 6.37. The van der Waals surface area contributed by atoms with Gasteiger partial charge in [-0.2, -0.15) is 8.78 Å². The van der Waals surface area contributed by atoms with Gasteiger partial charge in [0.25, 0.3) is 0 Å². The maximum absolute atomic E-state index is 12.7. The highest BCUT2D eigenvalue weighted by molar-refractivity contribution is 7.99. The fraction of sp³-hybridized carbons (Fsp3) is 0.136. The monoisotopic (exact) mass is 487 g/mol. The molecule has 11 heteroatoms. The molecule has 0 saturated carbocycles. The van der Waals surface area contributed by atoms with E-state index in [2.05, 4.69) is 20.3 Å². The number of alkyl halides is 2. The first kappa shape index (κ1) is 22.7. The summed E-state index contributed by atoms with van der Waals surface area (Å²) in [6, 6.07) is 19.3. The molecule has 0 saturated heterocycles. The Hall–Kier alpha value is -3.44. The lowest BCUT2D eigenvalue weighted by Crippen LogP contribution is -2.30. The highest BCUT2D eigenvalue weighted by atomic mass is 32.2. The van der Waals surface area contributed by atoms with Gasteiger partial charge in [0.2, 0.25) is 11.1 Å². The molecule has 2 heterocycles. The van der Waals surface area contributed by atoms with Crippen LogP contribution < -0.4 is 15.9 Å². The van der Waals surface area contributed by atoms with Gasteiger partial charge in [-0.05, 0) is 41.3 Å². The van der Waals surface area contributed by atoms with E-state index in [1.165, 1.54) is 16.8 Å². The first-order valence-electron chi connectivity index (χ1n) is 9.77. The molecule has 170 valence electrons. The second-order valence-electron chi connectivity index (χ2n) is 6.79. The number of carbonyl (C=O) groups is 1. The molecular formula is C22H19F2N5O2S2. The van der Waals surface area contributed by atoms with Crippen LogP contribution in [-0.2, 0) is 4.79 Å². The molecule has 7 nitrogen and oxygen atoms in total. The van der Waals surface area contributed by atoms with Crippen LogP contribution in [0.4, 0.5) is 8.78 Å². The van der Waals surface area contributed by atoms with E-state index in [4.69, 9.17) is 5.84 Å². The summed E-state index contributed by atoms with van der Waals surface area (Å²) in [5, 5.41) is 13.5. The zero-order valence-electron chi connectivity index (χ0n) is 17.1. The van der Waals surface area contributed by atoms with E-state index in [0.717, 1.165) is 22.2 Å². The van der Waals surface area contributed by atoms with Crippen molar-refractivity contribution in [2.24, 2.45) is 0 Å². The van der Waals surface area contributed by atoms with Crippen LogP contribution in [0.1, 0.15) is 16.5 Å². The van der Waals surface area contributed by atoms with Gasteiger partial charge in [0.15, 0.2) is 5.82 Å². The van der Waals surface area contributed by atoms with Crippen LogP contribution >= 0.6 is 23.1 Å². The predicted octanol–water partition coefficient (Wildman–Crippen LogP) is 4.32. The number of nitrogens with two attached hydrogens (primary N) is 1. The zero-order valence-corrected chi connectivity index (χ0v) is 18.7. The Kier molecular flexibility index (Phi) is 7.20. The van der Waals surface area contributed by atoms with Crippen LogP contribution in [-0.4, -0.2) is 33.1 Å². The molecule has 0 radical (unpaired) electrons. The number of ether oxygens (including phenoxy) is 1. The second kappa shape index (κ2) is 10.5. The van der Waals surface area contributed by atoms with Crippen molar-refractivity contribution >= 4 is 29.0 Å². The summed E-state index contributed by atoms with van der Waals surface area (Å²) in [5.41, 5.74) is 1.56. The number of amides is 1. The summed E-state index contributed by atoms with van der Waals surface area (Å²) in [7, 11) is 0. The fourth-order valence-electron chi connectivity index (χ4n) is 3.11. The molecule has 1 unspecified atom stereocenters. The van der Waals surface area contributed by atoms with Gasteiger partial charge in [-0.15, -0.1) is 21.5 Å². The minimum atomic E-state index is -2.90. The van der Waals surface area contributed by atoms with Gasteiger partial charge in [0.1, 0.15) is 5.75 Å². The van der Waals surface area contributed by atoms with Gasteiger partial charge in [-0.3, -0.25) is 4.79 Å². The minimum absolute atomic E-state index is 0.0295. The normalized spacial score (nSPS) is 12.0. The van der Waals surface area contributed by atoms with Gasteiger partial charge in [-0.1, -0.05) is 48.2 Å². The number of aromatic nitrogens is 3. The molecule has 0 aliphatic heterocycles. The predicted molar refractivity (Wildman–Crippen MR) is 124 cm³/mol. The van der Waals surface area contributed by atoms with Gasteiger partial charge in [-0.25, -0.2) is 4.68 Å². The number of thiophene rings is 1. The third kappa shape index (κ3) is 5.68. The lowest BCUT2D eigenvalue weighted by atomic mass is 10.1. The van der Waals surface area contributed by atoms with Crippen molar-refractivity contribution in [3.05, 3.63) is 82.6 Å². The standard InChI is InChI=1S/C22H19F2N5O2S2/c23-21(24)31-16-10-8-15(9-11-16)20-27-28-22(29(20)25)33-13-18(30)26-19(17-7-4-12-32-17)14-5-2-1-3-6-14/h1-12,19,21H,13,25H2,(H,26,30). The Balaban J connectivity index is 1.41.